The third kappa shape index (κ3) is 3.80. The molecule has 0 radical (unpaired) electrons. The zero-order chi connectivity index (χ0) is 20.6. The van der Waals surface area contributed by atoms with Crippen LogP contribution < -0.4 is 10.9 Å². The molecule has 0 bridgehead atoms. The number of hydrogen-bond acceptors (Lipinski definition) is 5. The molecule has 8 heteroatoms. The lowest BCUT2D eigenvalue weighted by atomic mass is 10.0. The number of carbonyl (C=O) groups is 2. The van der Waals surface area contributed by atoms with Crippen LogP contribution in [0.2, 0.25) is 0 Å². The van der Waals surface area contributed by atoms with E-state index >= 15 is 0 Å². The van der Waals surface area contributed by atoms with E-state index in [1.807, 2.05) is 36.4 Å². The molecule has 1 aliphatic heterocycles. The Morgan fingerprint density at radius 1 is 1.17 bits per heavy atom. The van der Waals surface area contributed by atoms with Crippen molar-refractivity contribution in [1.29, 1.82) is 0 Å². The average molecular weight is 423 g/mol. The number of imidazole rings is 1. The van der Waals surface area contributed by atoms with Gasteiger partial charge in [-0.05, 0) is 42.7 Å². The molecule has 1 saturated heterocycles. The fraction of sp³-hybridized carbons (Fsp3) is 0.318. The van der Waals surface area contributed by atoms with Crippen molar-refractivity contribution in [3.63, 3.8) is 0 Å². The molecular formula is C22H22N4O3S. The predicted octanol–water partition coefficient (Wildman–Crippen LogP) is 3.04. The van der Waals surface area contributed by atoms with Crippen molar-refractivity contribution in [1.82, 2.24) is 20.8 Å². The molecule has 1 aromatic heterocycles. The zero-order valence-electron chi connectivity index (χ0n) is 16.3. The minimum Gasteiger partial charge on any atom is -0.381 e. The van der Waals surface area contributed by atoms with E-state index in [1.165, 1.54) is 0 Å². The zero-order valence-corrected chi connectivity index (χ0v) is 17.1. The highest BCUT2D eigenvalue weighted by Crippen LogP contribution is 2.57. The van der Waals surface area contributed by atoms with Crippen LogP contribution in [0.1, 0.15) is 28.8 Å². The van der Waals surface area contributed by atoms with Gasteiger partial charge in [0.25, 0.3) is 5.91 Å². The molecule has 7 nitrogen and oxygen atoms in total. The standard InChI is InChI=1S/C22H22N4O3S/c27-19(25-26-20(28)16-11-22(16)9-10-29-13-22)15-7-5-14(6-8-15)12-30-21-23-17-3-1-2-4-18(17)24-21/h1-8,16H,9-13H2,(H,23,24)(H,25,27)(H,26,28). The molecule has 154 valence electrons. The van der Waals surface area contributed by atoms with Gasteiger partial charge in [0.1, 0.15) is 0 Å². The first kappa shape index (κ1) is 19.1. The van der Waals surface area contributed by atoms with Crippen LogP contribution in [-0.2, 0) is 15.3 Å². The Balaban J connectivity index is 1.12. The number of H-pyrrole nitrogens is 1. The second-order valence-electron chi connectivity index (χ2n) is 7.91. The van der Waals surface area contributed by atoms with Crippen LogP contribution >= 0.6 is 11.8 Å². The lowest BCUT2D eigenvalue weighted by molar-refractivity contribution is -0.123. The molecule has 2 unspecified atom stereocenters. The molecule has 2 atom stereocenters. The topological polar surface area (TPSA) is 96.1 Å². The normalized spacial score (nSPS) is 22.3. The van der Waals surface area contributed by atoms with E-state index in [1.54, 1.807) is 23.9 Å². The van der Waals surface area contributed by atoms with Gasteiger partial charge in [-0.3, -0.25) is 20.4 Å². The number of benzene rings is 2. The van der Waals surface area contributed by atoms with Crippen molar-refractivity contribution >= 4 is 34.6 Å². The number of thioether (sulfide) groups is 1. The third-order valence-corrected chi connectivity index (χ3v) is 6.84. The van der Waals surface area contributed by atoms with Crippen LogP contribution in [0, 0.1) is 11.3 Å². The SMILES string of the molecule is O=C(NNC(=O)C1CC12CCOC2)c1ccc(CSc2nc3ccccc3[nH]2)cc1. The molecule has 30 heavy (non-hydrogen) atoms. The Labute approximate surface area is 178 Å². The molecule has 2 fully saturated rings. The average Bonchev–Trinajstić information content (AvgIpc) is 3.09. The summed E-state index contributed by atoms with van der Waals surface area (Å²) in [4.78, 5) is 32.4. The number of aromatic amines is 1. The van der Waals surface area contributed by atoms with Crippen molar-refractivity contribution in [3.8, 4) is 0 Å². The Kier molecular flexibility index (Phi) is 4.96. The van der Waals surface area contributed by atoms with Crippen LogP contribution in [0.15, 0.2) is 53.7 Å². The number of aromatic nitrogens is 2. The highest BCUT2D eigenvalue weighted by atomic mass is 32.2. The first-order valence-corrected chi connectivity index (χ1v) is 11.0. The maximum Gasteiger partial charge on any atom is 0.269 e. The van der Waals surface area contributed by atoms with Crippen molar-refractivity contribution in [2.45, 2.75) is 23.8 Å². The molecule has 3 aromatic rings. The third-order valence-electron chi connectivity index (χ3n) is 5.90. The molecule has 1 spiro atoms. The number of fused-ring (bicyclic) bond motifs is 1. The number of amides is 2. The number of nitrogens with one attached hydrogen (secondary N) is 3. The van der Waals surface area contributed by atoms with Gasteiger partial charge in [-0.1, -0.05) is 36.0 Å². The minimum atomic E-state index is -0.322. The monoisotopic (exact) mass is 422 g/mol. The molecular weight excluding hydrogens is 400 g/mol. The Morgan fingerprint density at radius 2 is 2.00 bits per heavy atom. The van der Waals surface area contributed by atoms with Gasteiger partial charge < -0.3 is 9.72 Å². The number of para-hydroxylation sites is 2. The van der Waals surface area contributed by atoms with Crippen molar-refractivity contribution in [2.75, 3.05) is 13.2 Å². The molecule has 2 heterocycles. The van der Waals surface area contributed by atoms with Gasteiger partial charge in [-0.15, -0.1) is 0 Å². The summed E-state index contributed by atoms with van der Waals surface area (Å²) in [5.41, 5.74) is 8.64. The van der Waals surface area contributed by atoms with Crippen LogP contribution in [-0.4, -0.2) is 35.0 Å². The second-order valence-corrected chi connectivity index (χ2v) is 8.87. The highest BCUT2D eigenvalue weighted by Gasteiger charge is 2.59. The van der Waals surface area contributed by atoms with E-state index in [-0.39, 0.29) is 23.1 Å². The summed E-state index contributed by atoms with van der Waals surface area (Å²) < 4.78 is 5.40. The lowest BCUT2D eigenvalue weighted by Crippen LogP contribution is -2.43. The summed E-state index contributed by atoms with van der Waals surface area (Å²) in [7, 11) is 0. The quantitative estimate of drug-likeness (QED) is 0.434. The molecule has 5 rings (SSSR count). The summed E-state index contributed by atoms with van der Waals surface area (Å²) >= 11 is 1.61. The Hall–Kier alpha value is -2.84. The molecule has 3 N–H and O–H groups in total. The molecule has 2 aliphatic rings. The van der Waals surface area contributed by atoms with Crippen molar-refractivity contribution in [3.05, 3.63) is 59.7 Å². The summed E-state index contributed by atoms with van der Waals surface area (Å²) in [5.74, 6) is 0.229. The maximum absolute atomic E-state index is 12.3. The van der Waals surface area contributed by atoms with Gasteiger partial charge in [-0.25, -0.2) is 4.98 Å². The van der Waals surface area contributed by atoms with E-state index < -0.39 is 0 Å². The molecule has 1 saturated carbocycles. The van der Waals surface area contributed by atoms with Gasteiger partial charge in [0.05, 0.1) is 17.6 Å². The molecule has 1 aliphatic carbocycles. The smallest absolute Gasteiger partial charge is 0.269 e. The number of hydrazine groups is 1. The highest BCUT2D eigenvalue weighted by molar-refractivity contribution is 7.98. The van der Waals surface area contributed by atoms with Gasteiger partial charge in [-0.2, -0.15) is 0 Å². The molecule has 2 amide bonds. The van der Waals surface area contributed by atoms with Gasteiger partial charge in [0.15, 0.2) is 5.16 Å². The Bertz CT molecular complexity index is 1060. The summed E-state index contributed by atoms with van der Waals surface area (Å²) in [6.07, 6.45) is 1.76. The number of carbonyl (C=O) groups excluding carboxylic acids is 2. The first-order valence-electron chi connectivity index (χ1n) is 9.97. The van der Waals surface area contributed by atoms with Crippen LogP contribution in [0.25, 0.3) is 11.0 Å². The van der Waals surface area contributed by atoms with Gasteiger partial charge in [0, 0.05) is 29.3 Å². The number of ether oxygens (including phenoxy) is 1. The van der Waals surface area contributed by atoms with Crippen LogP contribution in [0.5, 0.6) is 0 Å². The summed E-state index contributed by atoms with van der Waals surface area (Å²) in [6.45, 7) is 1.36. The number of rotatable bonds is 5. The molecule has 2 aromatic carbocycles. The second kappa shape index (κ2) is 7.77. The van der Waals surface area contributed by atoms with E-state index in [9.17, 15) is 9.59 Å². The fourth-order valence-electron chi connectivity index (χ4n) is 3.96. The van der Waals surface area contributed by atoms with E-state index in [0.29, 0.717) is 12.2 Å². The van der Waals surface area contributed by atoms with E-state index in [0.717, 1.165) is 47.0 Å². The largest absolute Gasteiger partial charge is 0.381 e. The lowest BCUT2D eigenvalue weighted by Gasteiger charge is -2.09. The number of hydrogen-bond donors (Lipinski definition) is 3. The van der Waals surface area contributed by atoms with E-state index in [2.05, 4.69) is 20.8 Å². The maximum atomic E-state index is 12.3. The van der Waals surface area contributed by atoms with Gasteiger partial charge in [0.2, 0.25) is 5.91 Å². The minimum absolute atomic E-state index is 0.00790. The Morgan fingerprint density at radius 3 is 2.77 bits per heavy atom. The first-order chi connectivity index (χ1) is 14.6. The number of nitrogens with zero attached hydrogens (tertiary/aromatic N) is 1. The van der Waals surface area contributed by atoms with Crippen LogP contribution in [0.4, 0.5) is 0 Å². The van der Waals surface area contributed by atoms with E-state index in [4.69, 9.17) is 4.74 Å². The summed E-state index contributed by atoms with van der Waals surface area (Å²) in [5, 5.41) is 0.867. The predicted molar refractivity (Wildman–Crippen MR) is 114 cm³/mol. The van der Waals surface area contributed by atoms with Gasteiger partial charge >= 0.3 is 0 Å². The van der Waals surface area contributed by atoms with Crippen LogP contribution in [0.3, 0.4) is 0 Å². The van der Waals surface area contributed by atoms with Crippen molar-refractivity contribution in [2.24, 2.45) is 11.3 Å². The fourth-order valence-corrected chi connectivity index (χ4v) is 4.80. The van der Waals surface area contributed by atoms with Crippen molar-refractivity contribution < 1.29 is 14.3 Å². The summed E-state index contributed by atoms with van der Waals surface area (Å²) in [6, 6.07) is 15.3.